The molecule has 2 aromatic carbocycles. The highest BCUT2D eigenvalue weighted by Gasteiger charge is 2.18. The number of phenols is 1. The summed E-state index contributed by atoms with van der Waals surface area (Å²) in [5.74, 6) is -3.34. The second-order valence-electron chi connectivity index (χ2n) is 5.09. The topological polar surface area (TPSA) is 75.6 Å². The minimum atomic E-state index is -1.11. The molecule has 1 amide bonds. The van der Waals surface area contributed by atoms with Crippen LogP contribution in [-0.2, 0) is 20.7 Å². The molecule has 0 bridgehead atoms. The van der Waals surface area contributed by atoms with Crippen molar-refractivity contribution in [3.8, 4) is 5.75 Å². The Morgan fingerprint density at radius 1 is 1.12 bits per heavy atom. The molecule has 0 saturated carbocycles. The highest BCUT2D eigenvalue weighted by atomic mass is 19.2. The maximum atomic E-state index is 13.1. The zero-order valence-electron chi connectivity index (χ0n) is 12.8. The lowest BCUT2D eigenvalue weighted by Crippen LogP contribution is -2.30. The van der Waals surface area contributed by atoms with E-state index in [4.69, 9.17) is 9.84 Å². The quantitative estimate of drug-likeness (QED) is 0.824. The molecule has 2 N–H and O–H groups in total. The van der Waals surface area contributed by atoms with Gasteiger partial charge in [0.05, 0.1) is 6.42 Å². The lowest BCUT2D eigenvalue weighted by atomic mass is 10.1. The molecule has 24 heavy (non-hydrogen) atoms. The molecule has 0 unspecified atom stereocenters. The molecule has 0 fully saturated rings. The Labute approximate surface area is 136 Å². The van der Waals surface area contributed by atoms with Crippen LogP contribution in [0.3, 0.4) is 0 Å². The summed E-state index contributed by atoms with van der Waals surface area (Å²) in [6, 6.07) is 8.89. The van der Waals surface area contributed by atoms with E-state index in [2.05, 4.69) is 5.32 Å². The number of hydrogen-bond donors (Lipinski definition) is 2. The molecule has 1 atom stereocenters. The average Bonchev–Trinajstić information content (AvgIpc) is 2.53. The highest BCUT2D eigenvalue weighted by molar-refractivity contribution is 5.95. The zero-order valence-corrected chi connectivity index (χ0v) is 12.8. The Hall–Kier alpha value is -2.96. The third-order valence-corrected chi connectivity index (χ3v) is 3.15. The Bertz CT molecular complexity index is 747. The van der Waals surface area contributed by atoms with Crippen molar-refractivity contribution in [2.75, 3.05) is 5.32 Å². The van der Waals surface area contributed by atoms with Gasteiger partial charge in [0.2, 0.25) is 0 Å². The van der Waals surface area contributed by atoms with Gasteiger partial charge in [-0.05, 0) is 36.8 Å². The molecule has 0 heterocycles. The van der Waals surface area contributed by atoms with E-state index in [0.717, 1.165) is 12.1 Å². The van der Waals surface area contributed by atoms with Gasteiger partial charge in [0.1, 0.15) is 5.75 Å². The number of hydrogen-bond acceptors (Lipinski definition) is 4. The summed E-state index contributed by atoms with van der Waals surface area (Å²) in [6.07, 6.45) is -1.17. The molecule has 2 aromatic rings. The lowest BCUT2D eigenvalue weighted by Gasteiger charge is -2.13. The summed E-state index contributed by atoms with van der Waals surface area (Å²) in [4.78, 5) is 23.7. The van der Waals surface area contributed by atoms with Crippen molar-refractivity contribution in [1.82, 2.24) is 0 Å². The van der Waals surface area contributed by atoms with Crippen LogP contribution in [0.2, 0.25) is 0 Å². The molecular formula is C17H15F2NO4. The first kappa shape index (κ1) is 17.4. The number of amides is 1. The Balaban J connectivity index is 1.89. The summed E-state index contributed by atoms with van der Waals surface area (Å²) in [7, 11) is 0. The van der Waals surface area contributed by atoms with E-state index in [1.807, 2.05) is 0 Å². The van der Waals surface area contributed by atoms with E-state index < -0.39 is 29.6 Å². The van der Waals surface area contributed by atoms with E-state index in [1.165, 1.54) is 25.1 Å². The molecule has 126 valence electrons. The van der Waals surface area contributed by atoms with Crippen LogP contribution in [0.25, 0.3) is 0 Å². The molecule has 0 spiro atoms. The molecule has 0 aliphatic carbocycles. The van der Waals surface area contributed by atoms with Gasteiger partial charge in [-0.25, -0.2) is 8.78 Å². The molecule has 2 rings (SSSR count). The number of phenolic OH excluding ortho intramolecular Hbond substituents is 1. The van der Waals surface area contributed by atoms with E-state index in [1.54, 1.807) is 12.1 Å². The first-order valence-electron chi connectivity index (χ1n) is 7.08. The molecule has 0 aliphatic heterocycles. The van der Waals surface area contributed by atoms with Gasteiger partial charge < -0.3 is 15.2 Å². The van der Waals surface area contributed by atoms with Gasteiger partial charge in [-0.15, -0.1) is 0 Å². The second kappa shape index (κ2) is 7.54. The molecule has 0 saturated heterocycles. The van der Waals surface area contributed by atoms with Crippen LogP contribution >= 0.6 is 0 Å². The molecule has 0 aromatic heterocycles. The largest absolute Gasteiger partial charge is 0.508 e. The number of nitrogens with one attached hydrogen (secondary N) is 1. The minimum absolute atomic E-state index is 0.0559. The predicted molar refractivity (Wildman–Crippen MR) is 82.4 cm³/mol. The van der Waals surface area contributed by atoms with Crippen molar-refractivity contribution in [2.24, 2.45) is 0 Å². The van der Waals surface area contributed by atoms with E-state index in [0.29, 0.717) is 5.56 Å². The normalized spacial score (nSPS) is 11.6. The summed E-state index contributed by atoms with van der Waals surface area (Å²) >= 11 is 0. The fourth-order valence-electron chi connectivity index (χ4n) is 1.89. The van der Waals surface area contributed by atoms with Crippen molar-refractivity contribution < 1.29 is 28.2 Å². The molecule has 7 heteroatoms. The summed E-state index contributed by atoms with van der Waals surface area (Å²) in [5, 5.41) is 11.5. The van der Waals surface area contributed by atoms with Gasteiger partial charge in [-0.3, -0.25) is 9.59 Å². The van der Waals surface area contributed by atoms with Crippen LogP contribution in [-0.4, -0.2) is 23.1 Å². The first-order valence-corrected chi connectivity index (χ1v) is 7.08. The maximum absolute atomic E-state index is 13.1. The number of aromatic hydroxyl groups is 1. The van der Waals surface area contributed by atoms with Crippen LogP contribution in [0.5, 0.6) is 5.75 Å². The number of carbonyl (C=O) groups is 2. The van der Waals surface area contributed by atoms with Gasteiger partial charge >= 0.3 is 5.97 Å². The Morgan fingerprint density at radius 3 is 2.42 bits per heavy atom. The molecule has 0 radical (unpaired) electrons. The Morgan fingerprint density at radius 2 is 1.79 bits per heavy atom. The van der Waals surface area contributed by atoms with Gasteiger partial charge in [-0.1, -0.05) is 12.1 Å². The van der Waals surface area contributed by atoms with E-state index in [-0.39, 0.29) is 17.9 Å². The van der Waals surface area contributed by atoms with Gasteiger partial charge in [0, 0.05) is 11.8 Å². The summed E-state index contributed by atoms with van der Waals surface area (Å²) < 4.78 is 30.9. The Kier molecular flexibility index (Phi) is 5.47. The van der Waals surface area contributed by atoms with E-state index in [9.17, 15) is 18.4 Å². The lowest BCUT2D eigenvalue weighted by molar-refractivity contribution is -0.152. The standard InChI is InChI=1S/C17H15F2NO4/c1-10(17(23)20-12-4-7-14(18)15(19)9-12)24-16(22)8-11-2-5-13(21)6-3-11/h2-7,9-10,21H,8H2,1H3,(H,20,23)/t10-/m0/s1. The predicted octanol–water partition coefficient (Wildman–Crippen LogP) is 2.78. The molecular weight excluding hydrogens is 320 g/mol. The highest BCUT2D eigenvalue weighted by Crippen LogP contribution is 2.14. The van der Waals surface area contributed by atoms with Crippen molar-refractivity contribution in [2.45, 2.75) is 19.4 Å². The van der Waals surface area contributed by atoms with Crippen molar-refractivity contribution >= 4 is 17.6 Å². The fraction of sp³-hybridized carbons (Fsp3) is 0.176. The van der Waals surface area contributed by atoms with Crippen molar-refractivity contribution in [3.63, 3.8) is 0 Å². The van der Waals surface area contributed by atoms with Crippen LogP contribution < -0.4 is 5.32 Å². The number of rotatable bonds is 5. The van der Waals surface area contributed by atoms with Crippen LogP contribution in [0.15, 0.2) is 42.5 Å². The first-order chi connectivity index (χ1) is 11.3. The number of ether oxygens (including phenoxy) is 1. The average molecular weight is 335 g/mol. The monoisotopic (exact) mass is 335 g/mol. The zero-order chi connectivity index (χ0) is 17.7. The van der Waals surface area contributed by atoms with Crippen molar-refractivity contribution in [1.29, 1.82) is 0 Å². The number of anilines is 1. The number of benzene rings is 2. The summed E-state index contributed by atoms with van der Waals surface area (Å²) in [5.41, 5.74) is 0.673. The third-order valence-electron chi connectivity index (χ3n) is 3.15. The number of carbonyl (C=O) groups excluding carboxylic acids is 2. The smallest absolute Gasteiger partial charge is 0.311 e. The van der Waals surface area contributed by atoms with Crippen molar-refractivity contribution in [3.05, 3.63) is 59.7 Å². The summed E-state index contributed by atoms with van der Waals surface area (Å²) in [6.45, 7) is 1.37. The van der Waals surface area contributed by atoms with Gasteiger partial charge in [0.15, 0.2) is 17.7 Å². The van der Waals surface area contributed by atoms with E-state index >= 15 is 0 Å². The van der Waals surface area contributed by atoms with Crippen LogP contribution in [0.1, 0.15) is 12.5 Å². The SMILES string of the molecule is C[C@H](OC(=O)Cc1ccc(O)cc1)C(=O)Nc1ccc(F)c(F)c1. The van der Waals surface area contributed by atoms with Crippen LogP contribution in [0, 0.1) is 11.6 Å². The molecule has 5 nitrogen and oxygen atoms in total. The van der Waals surface area contributed by atoms with Crippen LogP contribution in [0.4, 0.5) is 14.5 Å². The number of esters is 1. The maximum Gasteiger partial charge on any atom is 0.311 e. The third kappa shape index (κ3) is 4.77. The second-order valence-corrected chi connectivity index (χ2v) is 5.09. The molecule has 0 aliphatic rings. The minimum Gasteiger partial charge on any atom is -0.508 e. The number of halogens is 2. The van der Waals surface area contributed by atoms with Gasteiger partial charge in [0.25, 0.3) is 5.91 Å². The van der Waals surface area contributed by atoms with Gasteiger partial charge in [-0.2, -0.15) is 0 Å². The fourth-order valence-corrected chi connectivity index (χ4v) is 1.89.